The van der Waals surface area contributed by atoms with Crippen LogP contribution in [0.1, 0.15) is 34.1 Å². The van der Waals surface area contributed by atoms with Crippen molar-refractivity contribution in [2.24, 2.45) is 0 Å². The van der Waals surface area contributed by atoms with Gasteiger partial charge in [-0.3, -0.25) is 4.79 Å². The predicted molar refractivity (Wildman–Crippen MR) is 61.1 cm³/mol. The second kappa shape index (κ2) is 12.4. The largest absolute Gasteiger partial charge is 0.466 e. The van der Waals surface area contributed by atoms with E-state index in [1.165, 1.54) is 0 Å². The van der Waals surface area contributed by atoms with E-state index in [1.54, 1.807) is 27.7 Å². The van der Waals surface area contributed by atoms with Gasteiger partial charge in [0, 0.05) is 6.42 Å². The minimum atomic E-state index is -0.445. The summed E-state index contributed by atoms with van der Waals surface area (Å²) in [4.78, 5) is 10.2. The molecule has 0 aliphatic heterocycles. The van der Waals surface area contributed by atoms with E-state index in [4.69, 9.17) is 14.9 Å². The molecular weight excluding hydrogens is 212 g/mol. The van der Waals surface area contributed by atoms with Gasteiger partial charge in [0.1, 0.15) is 0 Å². The van der Waals surface area contributed by atoms with Gasteiger partial charge in [0.05, 0.1) is 32.0 Å². The summed E-state index contributed by atoms with van der Waals surface area (Å²) in [5.41, 5.74) is 0. The molecule has 2 N–H and O–H groups in total. The number of carbonyl (C=O) groups excluding carboxylic acids is 1. The molecule has 5 heteroatoms. The molecule has 5 nitrogen and oxygen atoms in total. The molecule has 0 aliphatic carbocycles. The Balaban J connectivity index is 0. The van der Waals surface area contributed by atoms with Gasteiger partial charge in [-0.2, -0.15) is 0 Å². The summed E-state index contributed by atoms with van der Waals surface area (Å²) in [6.07, 6.45) is -0.132. The van der Waals surface area contributed by atoms with Crippen molar-refractivity contribution < 1.29 is 24.5 Å². The first kappa shape index (κ1) is 17.7. The number of esters is 1. The Morgan fingerprint density at radius 1 is 1.31 bits per heavy atom. The van der Waals surface area contributed by atoms with Crippen molar-refractivity contribution in [1.29, 1.82) is 0 Å². The lowest BCUT2D eigenvalue weighted by atomic mass is 10.4. The Hall–Kier alpha value is -0.650. The van der Waals surface area contributed by atoms with Gasteiger partial charge in [-0.15, -0.1) is 0 Å². The standard InChI is InChI=1S/C6H14O3.C5H10O2/c1-5(8)4-9-6(2)3-7;1-3-5(6)7-4-2/h5-8H,3-4H2,1-2H3;3-4H2,1-2H3. The lowest BCUT2D eigenvalue weighted by molar-refractivity contribution is -0.142. The highest BCUT2D eigenvalue weighted by atomic mass is 16.5. The number of ether oxygens (including phenoxy) is 2. The molecule has 0 heterocycles. The van der Waals surface area contributed by atoms with Gasteiger partial charge < -0.3 is 19.7 Å². The van der Waals surface area contributed by atoms with Crippen LogP contribution in [0.5, 0.6) is 0 Å². The molecule has 0 bridgehead atoms. The van der Waals surface area contributed by atoms with Crippen molar-refractivity contribution in [1.82, 2.24) is 0 Å². The van der Waals surface area contributed by atoms with Crippen LogP contribution in [0.15, 0.2) is 0 Å². The number of rotatable bonds is 6. The minimum absolute atomic E-state index is 0.00667. The zero-order chi connectivity index (χ0) is 13.0. The Kier molecular flexibility index (Phi) is 13.8. The summed E-state index contributed by atoms with van der Waals surface area (Å²) in [5, 5.41) is 17.1. The maximum Gasteiger partial charge on any atom is 0.305 e. The molecule has 98 valence electrons. The van der Waals surface area contributed by atoms with Gasteiger partial charge in [0.2, 0.25) is 0 Å². The van der Waals surface area contributed by atoms with Crippen LogP contribution in [-0.2, 0) is 14.3 Å². The Labute approximate surface area is 97.4 Å². The van der Waals surface area contributed by atoms with Gasteiger partial charge >= 0.3 is 5.97 Å². The SMILES string of the molecule is CC(O)COC(C)CO.CCOC(=O)CC. The molecule has 0 aliphatic rings. The first-order chi connectivity index (χ1) is 7.47. The van der Waals surface area contributed by atoms with Crippen LogP contribution in [-0.4, -0.2) is 48.2 Å². The molecule has 0 spiro atoms. The summed E-state index contributed by atoms with van der Waals surface area (Å²) in [7, 11) is 0. The van der Waals surface area contributed by atoms with E-state index in [9.17, 15) is 4.79 Å². The normalized spacial score (nSPS) is 13.4. The molecule has 0 amide bonds. The highest BCUT2D eigenvalue weighted by molar-refractivity contribution is 5.68. The molecule has 2 unspecified atom stereocenters. The summed E-state index contributed by atoms with van der Waals surface area (Å²) in [6.45, 7) is 7.76. The third-order valence-electron chi connectivity index (χ3n) is 1.47. The zero-order valence-electron chi connectivity index (χ0n) is 10.6. The highest BCUT2D eigenvalue weighted by Crippen LogP contribution is 1.90. The molecule has 0 fully saturated rings. The molecule has 2 atom stereocenters. The molecule has 0 aromatic rings. The number of hydrogen-bond donors (Lipinski definition) is 2. The Morgan fingerprint density at radius 3 is 2.12 bits per heavy atom. The second-order valence-corrected chi connectivity index (χ2v) is 3.33. The van der Waals surface area contributed by atoms with Crippen molar-refractivity contribution in [3.8, 4) is 0 Å². The van der Waals surface area contributed by atoms with Crippen LogP contribution in [0.25, 0.3) is 0 Å². The van der Waals surface area contributed by atoms with Crippen molar-refractivity contribution in [2.45, 2.75) is 46.3 Å². The topological polar surface area (TPSA) is 76.0 Å². The van der Waals surface area contributed by atoms with E-state index in [0.29, 0.717) is 19.6 Å². The van der Waals surface area contributed by atoms with Gasteiger partial charge in [-0.25, -0.2) is 0 Å². The summed E-state index contributed by atoms with van der Waals surface area (Å²) in [5.74, 6) is -0.123. The maximum absolute atomic E-state index is 10.2. The number of hydrogen-bond acceptors (Lipinski definition) is 5. The van der Waals surface area contributed by atoms with Gasteiger partial charge in [-0.05, 0) is 20.8 Å². The van der Waals surface area contributed by atoms with Gasteiger partial charge in [0.15, 0.2) is 0 Å². The van der Waals surface area contributed by atoms with Crippen LogP contribution in [0.2, 0.25) is 0 Å². The lowest BCUT2D eigenvalue weighted by Gasteiger charge is -2.10. The van der Waals surface area contributed by atoms with E-state index in [0.717, 1.165) is 0 Å². The Morgan fingerprint density at radius 2 is 1.88 bits per heavy atom. The molecule has 16 heavy (non-hydrogen) atoms. The average Bonchev–Trinajstić information content (AvgIpc) is 2.26. The number of carbonyl (C=O) groups is 1. The van der Waals surface area contributed by atoms with Crippen LogP contribution in [0, 0.1) is 0 Å². The van der Waals surface area contributed by atoms with E-state index < -0.39 is 6.10 Å². The zero-order valence-corrected chi connectivity index (χ0v) is 10.6. The fourth-order valence-electron chi connectivity index (χ4n) is 0.619. The predicted octanol–water partition coefficient (Wildman–Crippen LogP) is 0.724. The quantitative estimate of drug-likeness (QED) is 0.665. The lowest BCUT2D eigenvalue weighted by Crippen LogP contribution is -2.19. The fraction of sp³-hybridized carbons (Fsp3) is 0.909. The van der Waals surface area contributed by atoms with Gasteiger partial charge in [0.25, 0.3) is 0 Å². The molecule has 0 saturated carbocycles. The van der Waals surface area contributed by atoms with Crippen molar-refractivity contribution >= 4 is 5.97 Å². The smallest absolute Gasteiger partial charge is 0.305 e. The molecule has 0 radical (unpaired) electrons. The summed E-state index contributed by atoms with van der Waals surface area (Å²) in [6, 6.07) is 0. The molecular formula is C11H24O5. The molecule has 0 rings (SSSR count). The highest BCUT2D eigenvalue weighted by Gasteiger charge is 2.00. The maximum atomic E-state index is 10.2. The number of aliphatic hydroxyl groups excluding tert-OH is 2. The van der Waals surface area contributed by atoms with E-state index in [-0.39, 0.29) is 18.7 Å². The second-order valence-electron chi connectivity index (χ2n) is 3.33. The van der Waals surface area contributed by atoms with E-state index >= 15 is 0 Å². The average molecular weight is 236 g/mol. The van der Waals surface area contributed by atoms with Crippen molar-refractivity contribution in [3.05, 3.63) is 0 Å². The Bertz CT molecular complexity index is 158. The van der Waals surface area contributed by atoms with Crippen molar-refractivity contribution in [3.63, 3.8) is 0 Å². The van der Waals surface area contributed by atoms with Crippen LogP contribution >= 0.6 is 0 Å². The minimum Gasteiger partial charge on any atom is -0.466 e. The third-order valence-corrected chi connectivity index (χ3v) is 1.47. The van der Waals surface area contributed by atoms with E-state index in [2.05, 4.69) is 4.74 Å². The first-order valence-electron chi connectivity index (χ1n) is 5.53. The summed E-state index contributed by atoms with van der Waals surface area (Å²) >= 11 is 0. The van der Waals surface area contributed by atoms with Gasteiger partial charge in [-0.1, -0.05) is 6.92 Å². The van der Waals surface area contributed by atoms with Crippen LogP contribution < -0.4 is 0 Å². The third kappa shape index (κ3) is 15.8. The monoisotopic (exact) mass is 236 g/mol. The molecule has 0 saturated heterocycles. The first-order valence-corrected chi connectivity index (χ1v) is 5.53. The van der Waals surface area contributed by atoms with Crippen molar-refractivity contribution in [2.75, 3.05) is 19.8 Å². The van der Waals surface area contributed by atoms with E-state index in [1.807, 2.05) is 0 Å². The van der Waals surface area contributed by atoms with Crippen LogP contribution in [0.4, 0.5) is 0 Å². The molecule has 0 aromatic carbocycles. The molecule has 0 aromatic heterocycles. The number of aliphatic hydroxyl groups is 2. The summed E-state index contributed by atoms with van der Waals surface area (Å²) < 4.78 is 9.50. The van der Waals surface area contributed by atoms with Crippen LogP contribution in [0.3, 0.4) is 0 Å². The fourth-order valence-corrected chi connectivity index (χ4v) is 0.619.